The summed E-state index contributed by atoms with van der Waals surface area (Å²) in [5.74, 6) is 0.151. The number of urea groups is 1. The third-order valence-corrected chi connectivity index (χ3v) is 4.99. The van der Waals surface area contributed by atoms with Gasteiger partial charge in [-0.15, -0.1) is 11.3 Å². The van der Waals surface area contributed by atoms with Crippen molar-refractivity contribution in [2.45, 2.75) is 39.3 Å². The van der Waals surface area contributed by atoms with E-state index in [4.69, 9.17) is 0 Å². The van der Waals surface area contributed by atoms with Gasteiger partial charge in [-0.05, 0) is 19.3 Å². The van der Waals surface area contributed by atoms with Gasteiger partial charge in [-0.3, -0.25) is 9.69 Å². The van der Waals surface area contributed by atoms with Crippen molar-refractivity contribution in [2.75, 3.05) is 0 Å². The molecule has 5 nitrogen and oxygen atoms in total. The molecule has 6 heteroatoms. The van der Waals surface area contributed by atoms with Crippen molar-refractivity contribution in [2.24, 2.45) is 5.92 Å². The molecule has 1 aromatic carbocycles. The molecule has 1 aliphatic heterocycles. The molecule has 1 aliphatic rings. The Bertz CT molecular complexity index is 757. The van der Waals surface area contributed by atoms with E-state index in [1.807, 2.05) is 49.6 Å². The second-order valence-corrected chi connectivity index (χ2v) is 7.62. The molecule has 1 atom stereocenters. The van der Waals surface area contributed by atoms with Crippen LogP contribution in [-0.4, -0.2) is 27.4 Å². The maximum Gasteiger partial charge on any atom is 0.325 e. The van der Waals surface area contributed by atoms with Crippen LogP contribution >= 0.6 is 11.3 Å². The number of nitrogens with one attached hydrogen (secondary N) is 1. The van der Waals surface area contributed by atoms with Crippen LogP contribution in [0, 0.1) is 5.92 Å². The molecule has 126 valence electrons. The zero-order chi connectivity index (χ0) is 17.3. The molecule has 3 rings (SSSR count). The van der Waals surface area contributed by atoms with Crippen LogP contribution in [0.25, 0.3) is 10.6 Å². The molecule has 0 aliphatic carbocycles. The molecule has 2 aromatic rings. The van der Waals surface area contributed by atoms with E-state index in [-0.39, 0.29) is 18.5 Å². The second-order valence-electron chi connectivity index (χ2n) is 6.76. The topological polar surface area (TPSA) is 62.3 Å². The summed E-state index contributed by atoms with van der Waals surface area (Å²) < 4.78 is 0. The summed E-state index contributed by atoms with van der Waals surface area (Å²) >= 11 is 1.52. The minimum Gasteiger partial charge on any atom is -0.323 e. The number of nitrogens with zero attached hydrogens (tertiary/aromatic N) is 2. The molecule has 1 unspecified atom stereocenters. The number of hydrogen-bond acceptors (Lipinski definition) is 4. The fourth-order valence-electron chi connectivity index (χ4n) is 3.10. The maximum absolute atomic E-state index is 12.7. The Morgan fingerprint density at radius 3 is 2.62 bits per heavy atom. The van der Waals surface area contributed by atoms with E-state index in [0.29, 0.717) is 12.3 Å². The van der Waals surface area contributed by atoms with Crippen LogP contribution in [0.2, 0.25) is 0 Å². The molecule has 0 saturated carbocycles. The van der Waals surface area contributed by atoms with Crippen molar-refractivity contribution in [3.05, 3.63) is 41.4 Å². The van der Waals surface area contributed by atoms with Crippen molar-refractivity contribution >= 4 is 23.3 Å². The highest BCUT2D eigenvalue weighted by Gasteiger charge is 2.47. The lowest BCUT2D eigenvalue weighted by Gasteiger charge is -2.23. The smallest absolute Gasteiger partial charge is 0.323 e. The Kier molecular flexibility index (Phi) is 4.41. The lowest BCUT2D eigenvalue weighted by molar-refractivity contribution is -0.131. The average molecular weight is 343 g/mol. The molecule has 1 aromatic heterocycles. The number of aromatic nitrogens is 1. The summed E-state index contributed by atoms with van der Waals surface area (Å²) in [6.45, 7) is 6.09. The minimum atomic E-state index is -0.816. The number of amides is 3. The van der Waals surface area contributed by atoms with E-state index in [1.54, 1.807) is 6.92 Å². The lowest BCUT2D eigenvalue weighted by Crippen LogP contribution is -2.44. The molecule has 1 fully saturated rings. The van der Waals surface area contributed by atoms with Gasteiger partial charge in [0.05, 0.1) is 12.2 Å². The van der Waals surface area contributed by atoms with Crippen LogP contribution in [0.1, 0.15) is 32.9 Å². The van der Waals surface area contributed by atoms with Crippen molar-refractivity contribution < 1.29 is 9.59 Å². The average Bonchev–Trinajstić information content (AvgIpc) is 3.07. The van der Waals surface area contributed by atoms with Gasteiger partial charge in [0.25, 0.3) is 5.91 Å². The minimum absolute atomic E-state index is 0.171. The van der Waals surface area contributed by atoms with E-state index in [0.717, 1.165) is 16.3 Å². The fourth-order valence-corrected chi connectivity index (χ4v) is 3.92. The van der Waals surface area contributed by atoms with E-state index >= 15 is 0 Å². The quantitative estimate of drug-likeness (QED) is 0.843. The summed E-state index contributed by atoms with van der Waals surface area (Å²) in [6, 6.07) is 9.54. The Morgan fingerprint density at radius 2 is 1.96 bits per heavy atom. The molecule has 3 amide bonds. The lowest BCUT2D eigenvalue weighted by atomic mass is 9.91. The highest BCUT2D eigenvalue weighted by molar-refractivity contribution is 7.13. The zero-order valence-corrected chi connectivity index (χ0v) is 14.9. The first kappa shape index (κ1) is 16.6. The number of imide groups is 1. The third kappa shape index (κ3) is 3.19. The van der Waals surface area contributed by atoms with Gasteiger partial charge in [0, 0.05) is 10.9 Å². The largest absolute Gasteiger partial charge is 0.325 e. The molecule has 1 N–H and O–H groups in total. The summed E-state index contributed by atoms with van der Waals surface area (Å²) in [6.07, 6.45) is 0.625. The Labute approximate surface area is 145 Å². The first-order chi connectivity index (χ1) is 11.4. The van der Waals surface area contributed by atoms with Crippen molar-refractivity contribution in [1.82, 2.24) is 15.2 Å². The van der Waals surface area contributed by atoms with Crippen molar-refractivity contribution in [3.63, 3.8) is 0 Å². The summed E-state index contributed by atoms with van der Waals surface area (Å²) in [5, 5.41) is 5.63. The van der Waals surface area contributed by atoms with Crippen LogP contribution in [0.15, 0.2) is 35.7 Å². The summed E-state index contributed by atoms with van der Waals surface area (Å²) in [7, 11) is 0. The molecule has 0 spiro atoms. The highest BCUT2D eigenvalue weighted by atomic mass is 32.1. The van der Waals surface area contributed by atoms with E-state index < -0.39 is 5.54 Å². The molecule has 1 saturated heterocycles. The maximum atomic E-state index is 12.7. The number of thiazole rings is 1. The van der Waals surface area contributed by atoms with Crippen LogP contribution in [0.5, 0.6) is 0 Å². The molecule has 2 heterocycles. The van der Waals surface area contributed by atoms with Crippen LogP contribution in [-0.2, 0) is 11.3 Å². The number of carbonyl (C=O) groups excluding carboxylic acids is 2. The first-order valence-electron chi connectivity index (χ1n) is 8.03. The highest BCUT2D eigenvalue weighted by Crippen LogP contribution is 2.28. The van der Waals surface area contributed by atoms with Crippen molar-refractivity contribution in [3.8, 4) is 10.6 Å². The standard InChI is InChI=1S/C18H21N3O2S/c1-12(2)9-18(3)16(22)21(17(23)20-18)10-14-11-24-15(19-14)13-7-5-4-6-8-13/h4-8,11-12H,9-10H2,1-3H3,(H,20,23). The Hall–Kier alpha value is -2.21. The van der Waals surface area contributed by atoms with Gasteiger partial charge in [-0.1, -0.05) is 44.2 Å². The van der Waals surface area contributed by atoms with Crippen molar-refractivity contribution in [1.29, 1.82) is 0 Å². The number of benzene rings is 1. The molecule has 0 radical (unpaired) electrons. The van der Waals surface area contributed by atoms with E-state index in [2.05, 4.69) is 10.3 Å². The SMILES string of the molecule is CC(C)CC1(C)NC(=O)N(Cc2csc(-c3ccccc3)n2)C1=O. The van der Waals surface area contributed by atoms with Crippen LogP contribution in [0.3, 0.4) is 0 Å². The fraction of sp³-hybridized carbons (Fsp3) is 0.389. The van der Waals surface area contributed by atoms with E-state index in [1.165, 1.54) is 16.2 Å². The van der Waals surface area contributed by atoms with Gasteiger partial charge in [-0.2, -0.15) is 0 Å². The molecule has 0 bridgehead atoms. The predicted molar refractivity (Wildman–Crippen MR) is 94.5 cm³/mol. The van der Waals surface area contributed by atoms with Crippen LogP contribution < -0.4 is 5.32 Å². The monoisotopic (exact) mass is 343 g/mol. The third-order valence-electron chi connectivity index (χ3n) is 4.05. The first-order valence-corrected chi connectivity index (χ1v) is 8.91. The number of hydrogen-bond donors (Lipinski definition) is 1. The molecular formula is C18H21N3O2S. The van der Waals surface area contributed by atoms with Gasteiger partial charge in [0.2, 0.25) is 0 Å². The summed E-state index contributed by atoms with van der Waals surface area (Å²) in [5.41, 5.74) is 0.954. The summed E-state index contributed by atoms with van der Waals surface area (Å²) in [4.78, 5) is 30.7. The molecular weight excluding hydrogens is 322 g/mol. The van der Waals surface area contributed by atoms with Crippen LogP contribution in [0.4, 0.5) is 4.79 Å². The number of carbonyl (C=O) groups is 2. The predicted octanol–water partition coefficient (Wildman–Crippen LogP) is 3.67. The van der Waals surface area contributed by atoms with Gasteiger partial charge < -0.3 is 5.32 Å². The van der Waals surface area contributed by atoms with Gasteiger partial charge in [0.1, 0.15) is 10.5 Å². The Balaban J connectivity index is 1.76. The van der Waals surface area contributed by atoms with Gasteiger partial charge in [-0.25, -0.2) is 9.78 Å². The van der Waals surface area contributed by atoms with Gasteiger partial charge >= 0.3 is 6.03 Å². The van der Waals surface area contributed by atoms with E-state index in [9.17, 15) is 9.59 Å². The number of rotatable bonds is 5. The second kappa shape index (κ2) is 6.36. The Morgan fingerprint density at radius 1 is 1.25 bits per heavy atom. The van der Waals surface area contributed by atoms with Gasteiger partial charge in [0.15, 0.2) is 0 Å². The normalized spacial score (nSPS) is 20.8. The molecule has 24 heavy (non-hydrogen) atoms. The zero-order valence-electron chi connectivity index (χ0n) is 14.1.